The highest BCUT2D eigenvalue weighted by molar-refractivity contribution is 7.47. The number of aliphatic carboxylic acids is 1. The van der Waals surface area contributed by atoms with Crippen LogP contribution in [0.4, 0.5) is 0 Å². The lowest BCUT2D eigenvalue weighted by molar-refractivity contribution is -0.154. The van der Waals surface area contributed by atoms with Gasteiger partial charge in [0.25, 0.3) is 0 Å². The second kappa shape index (κ2) is 39.4. The maximum atomic E-state index is 12.5. The van der Waals surface area contributed by atoms with Crippen molar-refractivity contribution in [1.82, 2.24) is 0 Å². The highest BCUT2D eigenvalue weighted by Crippen LogP contribution is 2.43. The first-order chi connectivity index (χ1) is 26.2. The monoisotopic (exact) mass is 786 g/mol. The third-order valence-electron chi connectivity index (χ3n) is 9.17. The van der Waals surface area contributed by atoms with E-state index in [1.54, 1.807) is 0 Å². The van der Waals surface area contributed by atoms with Crippen molar-refractivity contribution in [3.8, 4) is 0 Å². The smallest absolute Gasteiger partial charge is 0.472 e. The van der Waals surface area contributed by atoms with E-state index in [0.29, 0.717) is 13.0 Å². The summed E-state index contributed by atoms with van der Waals surface area (Å²) in [6.07, 6.45) is 43.6. The molecule has 0 spiro atoms. The lowest BCUT2D eigenvalue weighted by atomic mass is 10.1. The summed E-state index contributed by atoms with van der Waals surface area (Å²) < 4.78 is 33.2. The fraction of sp³-hybridized carbons (Fsp3) is 0.814. The van der Waals surface area contributed by atoms with Gasteiger partial charge in [0, 0.05) is 13.0 Å². The molecule has 10 nitrogen and oxygen atoms in total. The normalized spacial score (nSPS) is 14.3. The van der Waals surface area contributed by atoms with Crippen LogP contribution >= 0.6 is 7.82 Å². The molecule has 0 aromatic carbocycles. The Labute approximate surface area is 329 Å². The summed E-state index contributed by atoms with van der Waals surface area (Å²) in [6, 6.07) is -1.47. The van der Waals surface area contributed by atoms with Crippen LogP contribution in [0.15, 0.2) is 36.5 Å². The number of rotatable bonds is 41. The molecule has 0 aromatic heterocycles. The molecule has 0 aliphatic rings. The molecule has 0 rings (SSSR count). The van der Waals surface area contributed by atoms with Gasteiger partial charge in [0.15, 0.2) is 0 Å². The molecule has 0 aliphatic carbocycles. The highest BCUT2D eigenvalue weighted by atomic mass is 31.2. The van der Waals surface area contributed by atoms with Gasteiger partial charge in [-0.05, 0) is 51.4 Å². The topological polar surface area (TPSA) is 155 Å². The van der Waals surface area contributed by atoms with Crippen LogP contribution in [-0.4, -0.2) is 60.5 Å². The second-order valence-corrected chi connectivity index (χ2v) is 15.9. The molecule has 0 fully saturated rings. The third kappa shape index (κ3) is 38.5. The van der Waals surface area contributed by atoms with E-state index in [1.165, 1.54) is 103 Å². The van der Waals surface area contributed by atoms with E-state index in [9.17, 15) is 19.0 Å². The van der Waals surface area contributed by atoms with Crippen molar-refractivity contribution >= 4 is 19.8 Å². The van der Waals surface area contributed by atoms with Gasteiger partial charge in [0.2, 0.25) is 0 Å². The minimum atomic E-state index is -4.61. The van der Waals surface area contributed by atoms with Crippen molar-refractivity contribution in [1.29, 1.82) is 0 Å². The quantitative estimate of drug-likeness (QED) is 0.0236. The molecule has 3 unspecified atom stereocenters. The van der Waals surface area contributed by atoms with Gasteiger partial charge in [0.1, 0.15) is 12.1 Å². The number of carbonyl (C=O) groups excluding carboxylic acids is 1. The lowest BCUT2D eigenvalue weighted by Crippen LogP contribution is -2.34. The summed E-state index contributed by atoms with van der Waals surface area (Å²) in [5.74, 6) is -1.78. The molecule has 0 saturated heterocycles. The molecule has 11 heteroatoms. The second-order valence-electron chi connectivity index (χ2n) is 14.5. The van der Waals surface area contributed by atoms with Crippen LogP contribution in [0.5, 0.6) is 0 Å². The van der Waals surface area contributed by atoms with Gasteiger partial charge < -0.3 is 25.2 Å². The van der Waals surface area contributed by atoms with Gasteiger partial charge in [-0.15, -0.1) is 0 Å². The Morgan fingerprint density at radius 2 is 1.02 bits per heavy atom. The number of allylic oxidation sites excluding steroid dienone is 6. The Morgan fingerprint density at radius 3 is 1.52 bits per heavy atom. The number of hydrogen-bond donors (Lipinski definition) is 3. The van der Waals surface area contributed by atoms with Crippen molar-refractivity contribution in [2.75, 3.05) is 26.4 Å². The van der Waals surface area contributed by atoms with Crippen molar-refractivity contribution in [3.63, 3.8) is 0 Å². The Hall–Kier alpha value is -1.81. The number of carboxylic acid groups (broad SMARTS) is 1. The van der Waals surface area contributed by atoms with Crippen molar-refractivity contribution in [3.05, 3.63) is 36.5 Å². The van der Waals surface area contributed by atoms with Crippen molar-refractivity contribution < 1.29 is 42.7 Å². The van der Waals surface area contributed by atoms with E-state index >= 15 is 0 Å². The standard InChI is InChI=1S/C43H80NO9P/c1-3-5-7-9-11-13-14-15-16-17-18-19-20-21-22-23-24-25-26-27-28-30-32-34-36-50-37-40(38-51-54(48,49)52-39-41(44)43(46)47)53-42(45)35-33-31-29-12-10-8-6-4-2/h14-15,17-18,20-21,40-41H,3-13,16,19,22-39,44H2,1-2H3,(H,46,47)(H,48,49)/b15-14-,18-17-,21-20-. The van der Waals surface area contributed by atoms with Gasteiger partial charge >= 0.3 is 19.8 Å². The summed E-state index contributed by atoms with van der Waals surface area (Å²) in [5.41, 5.74) is 5.34. The predicted octanol–water partition coefficient (Wildman–Crippen LogP) is 11.7. The first kappa shape index (κ1) is 52.2. The van der Waals surface area contributed by atoms with E-state index < -0.39 is 45.1 Å². The molecule has 0 radical (unpaired) electrons. The molecule has 0 aromatic rings. The van der Waals surface area contributed by atoms with Crippen LogP contribution in [0.3, 0.4) is 0 Å². The fourth-order valence-corrected chi connectivity index (χ4v) is 6.56. The van der Waals surface area contributed by atoms with Crippen LogP contribution in [0.1, 0.15) is 187 Å². The average molecular weight is 786 g/mol. The van der Waals surface area contributed by atoms with E-state index in [2.05, 4.69) is 50.3 Å². The maximum absolute atomic E-state index is 12.5. The molecular weight excluding hydrogens is 705 g/mol. The molecule has 0 bridgehead atoms. The van der Waals surface area contributed by atoms with Gasteiger partial charge in [-0.2, -0.15) is 0 Å². The molecule has 0 saturated carbocycles. The summed E-state index contributed by atoms with van der Waals surface area (Å²) in [6.45, 7) is 3.82. The Morgan fingerprint density at radius 1 is 0.593 bits per heavy atom. The molecule has 0 aliphatic heterocycles. The number of ether oxygens (including phenoxy) is 2. The summed E-state index contributed by atoms with van der Waals surface area (Å²) in [7, 11) is -4.61. The zero-order valence-corrected chi connectivity index (χ0v) is 35.2. The first-order valence-electron chi connectivity index (χ1n) is 21.5. The maximum Gasteiger partial charge on any atom is 0.472 e. The van der Waals surface area contributed by atoms with Crippen LogP contribution in [-0.2, 0) is 32.7 Å². The molecule has 0 heterocycles. The molecular formula is C43H80NO9P. The SMILES string of the molecule is CCCCCCC/C=C\C/C=C\C/C=C\CCCCCCCCCCCOCC(COP(=O)(O)OCC(N)C(=O)O)OC(=O)CCCCCCCCCC. The highest BCUT2D eigenvalue weighted by Gasteiger charge is 2.27. The number of phosphoric ester groups is 1. The number of esters is 1. The zero-order valence-electron chi connectivity index (χ0n) is 34.3. The fourth-order valence-electron chi connectivity index (χ4n) is 5.79. The minimum absolute atomic E-state index is 0.0145. The van der Waals surface area contributed by atoms with Gasteiger partial charge in [-0.3, -0.25) is 18.6 Å². The summed E-state index contributed by atoms with van der Waals surface area (Å²) >= 11 is 0. The molecule has 316 valence electrons. The van der Waals surface area contributed by atoms with Crippen LogP contribution in [0.2, 0.25) is 0 Å². The van der Waals surface area contributed by atoms with Gasteiger partial charge in [-0.1, -0.05) is 166 Å². The lowest BCUT2D eigenvalue weighted by Gasteiger charge is -2.20. The van der Waals surface area contributed by atoms with Gasteiger partial charge in [-0.25, -0.2) is 4.57 Å². The number of hydrogen-bond acceptors (Lipinski definition) is 8. The van der Waals surface area contributed by atoms with Crippen LogP contribution in [0, 0.1) is 0 Å². The zero-order chi connectivity index (χ0) is 39.8. The van der Waals surface area contributed by atoms with E-state index in [0.717, 1.165) is 57.8 Å². The number of nitrogens with two attached hydrogens (primary N) is 1. The number of carboxylic acids is 1. The predicted molar refractivity (Wildman–Crippen MR) is 221 cm³/mol. The summed E-state index contributed by atoms with van der Waals surface area (Å²) in [5, 5.41) is 8.87. The average Bonchev–Trinajstić information content (AvgIpc) is 3.15. The van der Waals surface area contributed by atoms with Crippen molar-refractivity contribution in [2.24, 2.45) is 5.73 Å². The minimum Gasteiger partial charge on any atom is -0.480 e. The Balaban J connectivity index is 4.08. The molecule has 3 atom stereocenters. The third-order valence-corrected chi connectivity index (χ3v) is 10.1. The van der Waals surface area contributed by atoms with Crippen molar-refractivity contribution in [2.45, 2.75) is 199 Å². The Bertz CT molecular complexity index is 1000. The number of phosphoric acid groups is 1. The number of carbonyl (C=O) groups is 2. The van der Waals surface area contributed by atoms with E-state index in [-0.39, 0.29) is 13.0 Å². The van der Waals surface area contributed by atoms with Crippen LogP contribution < -0.4 is 5.73 Å². The molecule has 54 heavy (non-hydrogen) atoms. The summed E-state index contributed by atoms with van der Waals surface area (Å²) in [4.78, 5) is 33.3. The molecule has 4 N–H and O–H groups in total. The van der Waals surface area contributed by atoms with E-state index in [4.69, 9.17) is 29.4 Å². The first-order valence-corrected chi connectivity index (χ1v) is 23.0. The molecule has 0 amide bonds. The Kier molecular flexibility index (Phi) is 38.1. The van der Waals surface area contributed by atoms with Gasteiger partial charge in [0.05, 0.1) is 19.8 Å². The van der Waals surface area contributed by atoms with Crippen LogP contribution in [0.25, 0.3) is 0 Å². The largest absolute Gasteiger partial charge is 0.480 e. The number of unbranched alkanes of at least 4 members (excludes halogenated alkanes) is 21. The van der Waals surface area contributed by atoms with E-state index in [1.807, 2.05) is 0 Å².